The third-order valence-electron chi connectivity index (χ3n) is 2.04. The number of hydrogen-bond donors (Lipinski definition) is 2. The third kappa shape index (κ3) is 2.88. The Morgan fingerprint density at radius 2 is 1.33 bits per heavy atom. The quantitative estimate of drug-likeness (QED) is 0.507. The summed E-state index contributed by atoms with van der Waals surface area (Å²) in [5.74, 6) is -12.3. The molecule has 0 amide bonds. The molecule has 0 fully saturated rings. The van der Waals surface area contributed by atoms with Gasteiger partial charge in [-0.05, 0) is 0 Å². The number of aliphatic carboxylic acids is 1. The molecule has 3 N–H and O–H groups in total. The van der Waals surface area contributed by atoms with Gasteiger partial charge in [-0.1, -0.05) is 0 Å². The van der Waals surface area contributed by atoms with Gasteiger partial charge in [-0.2, -0.15) is 0 Å². The van der Waals surface area contributed by atoms with Gasteiger partial charge in [0.2, 0.25) is 5.82 Å². The van der Waals surface area contributed by atoms with Gasteiger partial charge < -0.3 is 10.8 Å². The summed E-state index contributed by atoms with van der Waals surface area (Å²) >= 11 is 0. The molecule has 0 aliphatic heterocycles. The van der Waals surface area contributed by atoms with Crippen molar-refractivity contribution in [3.05, 3.63) is 34.6 Å². The summed E-state index contributed by atoms with van der Waals surface area (Å²) in [5, 5.41) is 8.39. The topological polar surface area (TPSA) is 63.3 Å². The van der Waals surface area contributed by atoms with E-state index in [4.69, 9.17) is 10.8 Å². The monoisotopic (exact) mass is 291 g/mol. The standard InChI is InChI=1S/C9H6F5NO2.ClH/c10-4-2(1-3(15)9(16)17)5(11)7(13)8(14)6(4)12;/h3H,1,15H2,(H,16,17);1H. The Morgan fingerprint density at radius 3 is 1.67 bits per heavy atom. The minimum Gasteiger partial charge on any atom is -0.480 e. The summed E-state index contributed by atoms with van der Waals surface area (Å²) in [6, 6.07) is -1.76. The summed E-state index contributed by atoms with van der Waals surface area (Å²) in [4.78, 5) is 10.3. The Morgan fingerprint density at radius 1 is 1.00 bits per heavy atom. The fraction of sp³-hybridized carbons (Fsp3) is 0.222. The highest BCUT2D eigenvalue weighted by molar-refractivity contribution is 5.85. The number of rotatable bonds is 3. The van der Waals surface area contributed by atoms with E-state index in [1.807, 2.05) is 0 Å². The average molecular weight is 292 g/mol. The largest absolute Gasteiger partial charge is 0.480 e. The smallest absolute Gasteiger partial charge is 0.320 e. The van der Waals surface area contributed by atoms with Gasteiger partial charge in [-0.15, -0.1) is 12.4 Å². The van der Waals surface area contributed by atoms with Crippen molar-refractivity contribution in [1.82, 2.24) is 0 Å². The predicted molar refractivity (Wildman–Crippen MR) is 52.8 cm³/mol. The molecule has 1 aromatic rings. The minimum atomic E-state index is -2.30. The predicted octanol–water partition coefficient (Wildman–Crippen LogP) is 1.76. The minimum absolute atomic E-state index is 0. The zero-order valence-corrected chi connectivity index (χ0v) is 9.33. The van der Waals surface area contributed by atoms with Gasteiger partial charge in [0.1, 0.15) is 6.04 Å². The maximum absolute atomic E-state index is 13.1. The molecule has 1 rings (SSSR count). The lowest BCUT2D eigenvalue weighted by Crippen LogP contribution is -2.33. The van der Waals surface area contributed by atoms with Crippen molar-refractivity contribution < 1.29 is 31.9 Å². The Kier molecular flexibility index (Phi) is 5.50. The zero-order valence-electron chi connectivity index (χ0n) is 8.52. The third-order valence-corrected chi connectivity index (χ3v) is 2.04. The van der Waals surface area contributed by atoms with Crippen molar-refractivity contribution in [2.45, 2.75) is 12.5 Å². The number of halogens is 6. The first-order valence-electron chi connectivity index (χ1n) is 4.26. The van der Waals surface area contributed by atoms with Crippen molar-refractivity contribution in [3.8, 4) is 0 Å². The van der Waals surface area contributed by atoms with Crippen LogP contribution in [-0.4, -0.2) is 17.1 Å². The van der Waals surface area contributed by atoms with Gasteiger partial charge in [-0.3, -0.25) is 4.79 Å². The van der Waals surface area contributed by atoms with Crippen molar-refractivity contribution in [3.63, 3.8) is 0 Å². The highest BCUT2D eigenvalue weighted by atomic mass is 35.5. The second kappa shape index (κ2) is 5.96. The van der Waals surface area contributed by atoms with Gasteiger partial charge >= 0.3 is 5.97 Å². The van der Waals surface area contributed by atoms with Crippen LogP contribution in [0.5, 0.6) is 0 Å². The Balaban J connectivity index is 0.00000289. The van der Waals surface area contributed by atoms with E-state index in [1.54, 1.807) is 0 Å². The Labute approximate surface area is 104 Å². The van der Waals surface area contributed by atoms with Gasteiger partial charge in [-0.25, -0.2) is 22.0 Å². The lowest BCUT2D eigenvalue weighted by atomic mass is 10.0. The van der Waals surface area contributed by atoms with E-state index in [2.05, 4.69) is 0 Å². The van der Waals surface area contributed by atoms with Crippen LogP contribution < -0.4 is 5.73 Å². The summed E-state index contributed by atoms with van der Waals surface area (Å²) in [7, 11) is 0. The van der Waals surface area contributed by atoms with Crippen molar-refractivity contribution >= 4 is 18.4 Å². The van der Waals surface area contributed by atoms with E-state index in [0.717, 1.165) is 0 Å². The number of carbonyl (C=O) groups is 1. The fourth-order valence-electron chi connectivity index (χ4n) is 1.14. The van der Waals surface area contributed by atoms with Gasteiger partial charge in [0.05, 0.1) is 0 Å². The highest BCUT2D eigenvalue weighted by Crippen LogP contribution is 2.23. The van der Waals surface area contributed by atoms with Crippen LogP contribution >= 0.6 is 12.4 Å². The average Bonchev–Trinajstić information content (AvgIpc) is 2.29. The summed E-state index contributed by atoms with van der Waals surface area (Å²) in [6.45, 7) is 0. The first-order valence-corrected chi connectivity index (χ1v) is 4.26. The van der Waals surface area contributed by atoms with Crippen LogP contribution in [0.4, 0.5) is 22.0 Å². The van der Waals surface area contributed by atoms with Crippen LogP contribution in [0.1, 0.15) is 5.56 Å². The van der Waals surface area contributed by atoms with E-state index in [9.17, 15) is 26.7 Å². The molecule has 9 heteroatoms. The fourth-order valence-corrected chi connectivity index (χ4v) is 1.14. The molecule has 0 saturated carbocycles. The van der Waals surface area contributed by atoms with Crippen LogP contribution in [0.3, 0.4) is 0 Å². The maximum atomic E-state index is 13.1. The molecule has 0 heterocycles. The van der Waals surface area contributed by atoms with E-state index in [-0.39, 0.29) is 12.4 Å². The Bertz CT molecular complexity index is 454. The molecule has 102 valence electrons. The number of carboxylic acid groups (broad SMARTS) is 1. The van der Waals surface area contributed by atoms with Crippen LogP contribution in [0.25, 0.3) is 0 Å². The zero-order chi connectivity index (χ0) is 13.3. The Hall–Kier alpha value is -1.41. The molecular weight excluding hydrogens is 285 g/mol. The first-order chi connectivity index (χ1) is 7.77. The number of benzene rings is 1. The SMILES string of the molecule is Cl.NC(Cc1c(F)c(F)c(F)c(F)c1F)C(=O)O. The number of nitrogens with two attached hydrogens (primary N) is 1. The molecule has 0 aromatic heterocycles. The highest BCUT2D eigenvalue weighted by Gasteiger charge is 2.27. The number of hydrogen-bond acceptors (Lipinski definition) is 2. The lowest BCUT2D eigenvalue weighted by Gasteiger charge is -2.10. The molecule has 1 atom stereocenters. The van der Waals surface area contributed by atoms with Crippen molar-refractivity contribution in [1.29, 1.82) is 0 Å². The maximum Gasteiger partial charge on any atom is 0.320 e. The molecule has 0 aliphatic carbocycles. The molecule has 1 aromatic carbocycles. The molecule has 0 saturated heterocycles. The molecular formula is C9H7ClF5NO2. The molecule has 0 spiro atoms. The molecule has 0 radical (unpaired) electrons. The van der Waals surface area contributed by atoms with Gasteiger partial charge in [0.15, 0.2) is 23.3 Å². The molecule has 1 unspecified atom stereocenters. The molecule has 0 aliphatic rings. The van der Waals surface area contributed by atoms with E-state index in [0.29, 0.717) is 0 Å². The summed E-state index contributed by atoms with van der Waals surface area (Å²) in [6.07, 6.45) is -0.999. The summed E-state index contributed by atoms with van der Waals surface area (Å²) < 4.78 is 64.1. The van der Waals surface area contributed by atoms with Crippen LogP contribution in [0.2, 0.25) is 0 Å². The van der Waals surface area contributed by atoms with E-state index in [1.165, 1.54) is 0 Å². The van der Waals surface area contributed by atoms with E-state index < -0.39 is 53.1 Å². The van der Waals surface area contributed by atoms with Gasteiger partial charge in [0.25, 0.3) is 0 Å². The molecule has 18 heavy (non-hydrogen) atoms. The first kappa shape index (κ1) is 16.6. The normalized spacial score (nSPS) is 11.9. The van der Waals surface area contributed by atoms with Gasteiger partial charge in [0, 0.05) is 12.0 Å². The number of carboxylic acids is 1. The molecule has 3 nitrogen and oxygen atoms in total. The van der Waals surface area contributed by atoms with Crippen LogP contribution in [0, 0.1) is 29.1 Å². The second-order valence-corrected chi connectivity index (χ2v) is 3.20. The van der Waals surface area contributed by atoms with Crippen molar-refractivity contribution in [2.24, 2.45) is 5.73 Å². The van der Waals surface area contributed by atoms with E-state index >= 15 is 0 Å². The lowest BCUT2D eigenvalue weighted by molar-refractivity contribution is -0.138. The van der Waals surface area contributed by atoms with Crippen molar-refractivity contribution in [2.75, 3.05) is 0 Å². The molecule has 0 bridgehead atoms. The second-order valence-electron chi connectivity index (χ2n) is 3.20. The summed E-state index contributed by atoms with van der Waals surface area (Å²) in [5.41, 5.74) is 3.71. The van der Waals surface area contributed by atoms with Crippen LogP contribution in [-0.2, 0) is 11.2 Å². The van der Waals surface area contributed by atoms with Crippen LogP contribution in [0.15, 0.2) is 0 Å².